The van der Waals surface area contributed by atoms with Crippen LogP contribution >= 0.6 is 0 Å². The van der Waals surface area contributed by atoms with Gasteiger partial charge in [0, 0.05) is 0 Å². The minimum absolute atomic E-state index is 0.114. The van der Waals surface area contributed by atoms with E-state index in [1.54, 1.807) is 12.1 Å². The van der Waals surface area contributed by atoms with E-state index in [0.29, 0.717) is 5.92 Å². The summed E-state index contributed by atoms with van der Waals surface area (Å²) in [5.74, 6) is 1.51. The van der Waals surface area contributed by atoms with Gasteiger partial charge in [-0.25, -0.2) is 4.39 Å². The molecule has 0 aliphatic heterocycles. The van der Waals surface area contributed by atoms with Crippen LogP contribution in [0, 0.1) is 11.7 Å². The zero-order chi connectivity index (χ0) is 16.3. The first-order valence-electron chi connectivity index (χ1n) is 10.0. The summed E-state index contributed by atoms with van der Waals surface area (Å²) in [4.78, 5) is 0. The first-order valence-corrected chi connectivity index (χ1v) is 10.0. The van der Waals surface area contributed by atoms with Crippen molar-refractivity contribution in [2.45, 2.75) is 96.3 Å². The van der Waals surface area contributed by atoms with Gasteiger partial charge in [-0.1, -0.05) is 76.8 Å². The van der Waals surface area contributed by atoms with Crippen LogP contribution in [0.4, 0.5) is 4.39 Å². The lowest BCUT2D eigenvalue weighted by Crippen LogP contribution is -2.13. The highest BCUT2D eigenvalue weighted by Gasteiger charge is 2.21. The van der Waals surface area contributed by atoms with Crippen LogP contribution in [0.3, 0.4) is 0 Å². The molecule has 1 saturated carbocycles. The summed E-state index contributed by atoms with van der Waals surface area (Å²) in [5.41, 5.74) is 1.34. The third kappa shape index (κ3) is 7.06. The molecular formula is C22H35F. The Balaban J connectivity index is 1.52. The number of hydrogen-bond acceptors (Lipinski definition) is 0. The Morgan fingerprint density at radius 3 is 1.96 bits per heavy atom. The van der Waals surface area contributed by atoms with Crippen molar-refractivity contribution in [3.8, 4) is 0 Å². The molecule has 1 aliphatic carbocycles. The van der Waals surface area contributed by atoms with Crippen LogP contribution in [0.1, 0.15) is 102 Å². The Morgan fingerprint density at radius 2 is 1.35 bits per heavy atom. The van der Waals surface area contributed by atoms with Crippen LogP contribution in [0.15, 0.2) is 24.3 Å². The number of hydrogen-bond donors (Lipinski definition) is 0. The molecule has 1 aromatic carbocycles. The predicted molar refractivity (Wildman–Crippen MR) is 98.3 cm³/mol. The third-order valence-corrected chi connectivity index (χ3v) is 5.65. The third-order valence-electron chi connectivity index (χ3n) is 5.65. The largest absolute Gasteiger partial charge is 0.207 e. The van der Waals surface area contributed by atoms with Crippen molar-refractivity contribution in [1.82, 2.24) is 0 Å². The van der Waals surface area contributed by atoms with Crippen molar-refractivity contribution >= 4 is 0 Å². The quantitative estimate of drug-likeness (QED) is 0.389. The van der Waals surface area contributed by atoms with Crippen LogP contribution in [0.25, 0.3) is 0 Å². The summed E-state index contributed by atoms with van der Waals surface area (Å²) < 4.78 is 13.0. The smallest absolute Gasteiger partial charge is 0.123 e. The molecule has 2 rings (SSSR count). The van der Waals surface area contributed by atoms with Gasteiger partial charge < -0.3 is 0 Å². The summed E-state index contributed by atoms with van der Waals surface area (Å²) in [6, 6.07) is 7.20. The lowest BCUT2D eigenvalue weighted by Gasteiger charge is -2.28. The molecule has 1 aliphatic rings. The predicted octanol–water partition coefficient (Wildman–Crippen LogP) is 7.63. The highest BCUT2D eigenvalue weighted by Crippen LogP contribution is 2.37. The van der Waals surface area contributed by atoms with Crippen LogP contribution in [0.2, 0.25) is 0 Å². The minimum Gasteiger partial charge on any atom is -0.207 e. The van der Waals surface area contributed by atoms with Crippen molar-refractivity contribution in [1.29, 1.82) is 0 Å². The van der Waals surface area contributed by atoms with Gasteiger partial charge in [-0.05, 0) is 55.2 Å². The number of benzene rings is 1. The van der Waals surface area contributed by atoms with E-state index in [1.165, 1.54) is 89.0 Å². The van der Waals surface area contributed by atoms with Gasteiger partial charge in [0.25, 0.3) is 0 Å². The molecule has 130 valence electrons. The molecule has 0 radical (unpaired) electrons. The molecule has 1 aromatic rings. The van der Waals surface area contributed by atoms with Crippen LogP contribution in [-0.2, 0) is 0 Å². The van der Waals surface area contributed by atoms with Crippen molar-refractivity contribution in [3.63, 3.8) is 0 Å². The van der Waals surface area contributed by atoms with Crippen molar-refractivity contribution in [2.24, 2.45) is 5.92 Å². The second kappa shape index (κ2) is 10.8. The van der Waals surface area contributed by atoms with Crippen molar-refractivity contribution in [3.05, 3.63) is 35.6 Å². The molecule has 0 saturated heterocycles. The second-order valence-corrected chi connectivity index (χ2v) is 7.53. The zero-order valence-corrected chi connectivity index (χ0v) is 15.0. The number of rotatable bonds is 10. The molecule has 1 fully saturated rings. The van der Waals surface area contributed by atoms with Crippen molar-refractivity contribution in [2.75, 3.05) is 0 Å². The van der Waals surface area contributed by atoms with E-state index in [-0.39, 0.29) is 5.82 Å². The molecule has 0 aromatic heterocycles. The molecule has 0 unspecified atom stereocenters. The fourth-order valence-corrected chi connectivity index (χ4v) is 4.09. The maximum absolute atomic E-state index is 13.0. The van der Waals surface area contributed by atoms with E-state index in [2.05, 4.69) is 6.92 Å². The van der Waals surface area contributed by atoms with Gasteiger partial charge in [0.15, 0.2) is 0 Å². The van der Waals surface area contributed by atoms with Gasteiger partial charge >= 0.3 is 0 Å². The highest BCUT2D eigenvalue weighted by atomic mass is 19.1. The fourth-order valence-electron chi connectivity index (χ4n) is 4.09. The Hall–Kier alpha value is -0.850. The van der Waals surface area contributed by atoms with E-state index >= 15 is 0 Å². The van der Waals surface area contributed by atoms with E-state index in [0.717, 1.165) is 5.92 Å². The van der Waals surface area contributed by atoms with Gasteiger partial charge in [-0.3, -0.25) is 0 Å². The van der Waals surface area contributed by atoms with E-state index < -0.39 is 0 Å². The average molecular weight is 319 g/mol. The van der Waals surface area contributed by atoms with E-state index in [1.807, 2.05) is 12.1 Å². The fraction of sp³-hybridized carbons (Fsp3) is 0.727. The zero-order valence-electron chi connectivity index (χ0n) is 15.0. The molecule has 0 atom stereocenters. The minimum atomic E-state index is -0.114. The summed E-state index contributed by atoms with van der Waals surface area (Å²) in [5, 5.41) is 0. The van der Waals surface area contributed by atoms with Gasteiger partial charge in [0.05, 0.1) is 0 Å². The van der Waals surface area contributed by atoms with Crippen LogP contribution in [-0.4, -0.2) is 0 Å². The Bertz CT molecular complexity index is 400. The summed E-state index contributed by atoms with van der Waals surface area (Å²) in [7, 11) is 0. The second-order valence-electron chi connectivity index (χ2n) is 7.53. The molecular weight excluding hydrogens is 283 g/mol. The molecule has 0 bridgehead atoms. The highest BCUT2D eigenvalue weighted by molar-refractivity contribution is 5.20. The number of halogens is 1. The first-order chi connectivity index (χ1) is 11.3. The van der Waals surface area contributed by atoms with Crippen LogP contribution in [0.5, 0.6) is 0 Å². The van der Waals surface area contributed by atoms with Crippen LogP contribution < -0.4 is 0 Å². The van der Waals surface area contributed by atoms with Gasteiger partial charge in [0.1, 0.15) is 5.82 Å². The normalized spacial score (nSPS) is 21.5. The molecule has 23 heavy (non-hydrogen) atoms. The van der Waals surface area contributed by atoms with E-state index in [4.69, 9.17) is 0 Å². The molecule has 0 nitrogen and oxygen atoms in total. The average Bonchev–Trinajstić information content (AvgIpc) is 2.59. The van der Waals surface area contributed by atoms with Gasteiger partial charge in [-0.15, -0.1) is 0 Å². The van der Waals surface area contributed by atoms with Gasteiger partial charge in [0.2, 0.25) is 0 Å². The summed E-state index contributed by atoms with van der Waals surface area (Å²) in [6.07, 6.45) is 18.2. The van der Waals surface area contributed by atoms with Crippen molar-refractivity contribution < 1.29 is 4.39 Å². The lowest BCUT2D eigenvalue weighted by molar-refractivity contribution is 0.301. The summed E-state index contributed by atoms with van der Waals surface area (Å²) >= 11 is 0. The molecule has 0 amide bonds. The first kappa shape index (κ1) is 18.5. The lowest BCUT2D eigenvalue weighted by atomic mass is 9.77. The Kier molecular flexibility index (Phi) is 8.71. The number of unbranched alkanes of at least 4 members (excludes halogenated alkanes) is 7. The topological polar surface area (TPSA) is 0 Å². The maximum atomic E-state index is 13.0. The molecule has 1 heteroatoms. The molecule has 0 spiro atoms. The standard InChI is InChI=1S/C22H35F/c1-2-3-4-5-6-7-8-9-10-19-11-13-20(14-12-19)21-15-17-22(23)18-16-21/h15-20H,2-14H2,1H3/t19-,20-. The SMILES string of the molecule is CCCCCCCCCC[C@H]1CC[C@H](c2ccc(F)cc2)CC1. The summed E-state index contributed by atoms with van der Waals surface area (Å²) in [6.45, 7) is 2.28. The molecule has 0 heterocycles. The molecule has 0 N–H and O–H groups in total. The Morgan fingerprint density at radius 1 is 0.783 bits per heavy atom. The Labute approximate surface area is 142 Å². The van der Waals surface area contributed by atoms with Gasteiger partial charge in [-0.2, -0.15) is 0 Å². The maximum Gasteiger partial charge on any atom is 0.123 e. The monoisotopic (exact) mass is 318 g/mol. The van der Waals surface area contributed by atoms with E-state index in [9.17, 15) is 4.39 Å².